The van der Waals surface area contributed by atoms with Crippen molar-refractivity contribution in [3.8, 4) is 11.5 Å². The Morgan fingerprint density at radius 3 is 2.32 bits per heavy atom. The minimum Gasteiger partial charge on any atom is -0.490 e. The lowest BCUT2D eigenvalue weighted by atomic mass is 10.2. The fraction of sp³-hybridized carbons (Fsp3) is 0.192. The smallest absolute Gasteiger partial charge is 0.240 e. The Labute approximate surface area is 207 Å². The first-order valence-corrected chi connectivity index (χ1v) is 11.6. The highest BCUT2D eigenvalue weighted by Gasteiger charge is 2.12. The molecule has 176 valence electrons. The topological polar surface area (TPSA) is 89.0 Å². The molecule has 0 unspecified atom stereocenters. The number of carbonyl (C=O) groups excluding carboxylic acids is 2. The number of benzene rings is 3. The summed E-state index contributed by atoms with van der Waals surface area (Å²) in [5.74, 6) is 0.572. The monoisotopic (exact) mass is 523 g/mol. The second-order valence-corrected chi connectivity index (χ2v) is 8.10. The zero-order chi connectivity index (χ0) is 24.2. The summed E-state index contributed by atoms with van der Waals surface area (Å²) in [5.41, 5.74) is 4.89. The van der Waals surface area contributed by atoms with Crippen LogP contribution in [0.1, 0.15) is 30.9 Å². The minimum atomic E-state index is -0.355. The average molecular weight is 524 g/mol. The van der Waals surface area contributed by atoms with Crippen LogP contribution in [0, 0.1) is 0 Å². The van der Waals surface area contributed by atoms with Crippen LogP contribution < -0.4 is 20.2 Å². The van der Waals surface area contributed by atoms with Crippen LogP contribution in [0.25, 0.3) is 0 Å². The number of ether oxygens (including phenoxy) is 2. The Kier molecular flexibility index (Phi) is 9.66. The van der Waals surface area contributed by atoms with Gasteiger partial charge in [0.1, 0.15) is 6.61 Å². The molecule has 0 saturated heterocycles. The molecule has 0 aromatic heterocycles. The summed E-state index contributed by atoms with van der Waals surface area (Å²) < 4.78 is 12.4. The number of nitrogens with zero attached hydrogens (tertiary/aromatic N) is 1. The lowest BCUT2D eigenvalue weighted by Crippen LogP contribution is -2.20. The molecule has 0 fully saturated rings. The van der Waals surface area contributed by atoms with Crippen LogP contribution in [0.4, 0.5) is 5.69 Å². The Morgan fingerprint density at radius 2 is 1.62 bits per heavy atom. The second kappa shape index (κ2) is 13.2. The van der Waals surface area contributed by atoms with Crippen molar-refractivity contribution in [2.45, 2.75) is 26.4 Å². The van der Waals surface area contributed by atoms with Gasteiger partial charge in [-0.25, -0.2) is 5.43 Å². The number of nitrogens with one attached hydrogen (secondary N) is 2. The van der Waals surface area contributed by atoms with Gasteiger partial charge in [0.05, 0.1) is 17.3 Å². The summed E-state index contributed by atoms with van der Waals surface area (Å²) in [5, 5.41) is 6.74. The lowest BCUT2D eigenvalue weighted by Gasteiger charge is -2.14. The fourth-order valence-electron chi connectivity index (χ4n) is 3.00. The summed E-state index contributed by atoms with van der Waals surface area (Å²) in [6, 6.07) is 22.6. The third-order valence-electron chi connectivity index (χ3n) is 4.60. The number of amides is 2. The van der Waals surface area contributed by atoms with Crippen LogP contribution in [0.15, 0.2) is 82.4 Å². The number of hydrogen-bond donors (Lipinski definition) is 2. The third-order valence-corrected chi connectivity index (χ3v) is 5.19. The van der Waals surface area contributed by atoms with Crippen molar-refractivity contribution in [2.75, 3.05) is 11.9 Å². The number of carbonyl (C=O) groups is 2. The third kappa shape index (κ3) is 8.04. The van der Waals surface area contributed by atoms with Crippen molar-refractivity contribution in [2.24, 2.45) is 5.10 Å². The highest BCUT2D eigenvalue weighted by Crippen LogP contribution is 2.37. The highest BCUT2D eigenvalue weighted by molar-refractivity contribution is 9.10. The van der Waals surface area contributed by atoms with Crippen LogP contribution in [0.2, 0.25) is 0 Å². The first kappa shape index (κ1) is 25.0. The van der Waals surface area contributed by atoms with Crippen LogP contribution in [0.3, 0.4) is 0 Å². The second-order valence-electron chi connectivity index (χ2n) is 7.24. The summed E-state index contributed by atoms with van der Waals surface area (Å²) in [7, 11) is 0. The van der Waals surface area contributed by atoms with E-state index in [1.165, 1.54) is 6.21 Å². The highest BCUT2D eigenvalue weighted by atomic mass is 79.9. The van der Waals surface area contributed by atoms with Crippen molar-refractivity contribution < 1.29 is 19.1 Å². The molecular weight excluding hydrogens is 498 g/mol. The summed E-state index contributed by atoms with van der Waals surface area (Å²) in [6.07, 6.45) is 1.59. The summed E-state index contributed by atoms with van der Waals surface area (Å²) in [4.78, 5) is 24.0. The lowest BCUT2D eigenvalue weighted by molar-refractivity contribution is -0.124. The molecule has 0 atom stereocenters. The van der Waals surface area contributed by atoms with Gasteiger partial charge in [-0.15, -0.1) is 0 Å². The average Bonchev–Trinajstić information content (AvgIpc) is 2.84. The number of halogens is 1. The molecule has 0 aliphatic carbocycles. The van der Waals surface area contributed by atoms with E-state index in [4.69, 9.17) is 9.47 Å². The largest absolute Gasteiger partial charge is 0.490 e. The first-order chi connectivity index (χ1) is 16.5. The first-order valence-electron chi connectivity index (χ1n) is 10.8. The van der Waals surface area contributed by atoms with E-state index in [-0.39, 0.29) is 24.7 Å². The fourth-order valence-corrected chi connectivity index (χ4v) is 3.58. The van der Waals surface area contributed by atoms with Gasteiger partial charge < -0.3 is 14.8 Å². The molecule has 34 heavy (non-hydrogen) atoms. The van der Waals surface area contributed by atoms with E-state index in [1.54, 1.807) is 18.2 Å². The molecule has 0 aliphatic rings. The number of anilines is 1. The van der Waals surface area contributed by atoms with Gasteiger partial charge >= 0.3 is 0 Å². The molecular formula is C26H26BrN3O4. The van der Waals surface area contributed by atoms with Crippen molar-refractivity contribution in [3.05, 3.63) is 88.4 Å². The van der Waals surface area contributed by atoms with E-state index >= 15 is 0 Å². The summed E-state index contributed by atoms with van der Waals surface area (Å²) >= 11 is 3.53. The molecule has 3 rings (SSSR count). The number of rotatable bonds is 11. The van der Waals surface area contributed by atoms with E-state index in [9.17, 15) is 9.59 Å². The maximum atomic E-state index is 12.0. The van der Waals surface area contributed by atoms with Gasteiger partial charge in [0.15, 0.2) is 11.5 Å². The van der Waals surface area contributed by atoms with Crippen LogP contribution in [-0.2, 0) is 16.2 Å². The number of hydrogen-bond acceptors (Lipinski definition) is 5. The molecule has 0 heterocycles. The van der Waals surface area contributed by atoms with Crippen LogP contribution in [-0.4, -0.2) is 24.6 Å². The minimum absolute atomic E-state index is 0.0240. The maximum absolute atomic E-state index is 12.0. The molecule has 7 nitrogen and oxygen atoms in total. The molecule has 0 saturated carbocycles. The van der Waals surface area contributed by atoms with Crippen molar-refractivity contribution in [1.82, 2.24) is 5.43 Å². The van der Waals surface area contributed by atoms with E-state index in [0.717, 1.165) is 5.56 Å². The van der Waals surface area contributed by atoms with Crippen molar-refractivity contribution in [1.29, 1.82) is 0 Å². The molecule has 3 aromatic rings. The Morgan fingerprint density at radius 1 is 0.941 bits per heavy atom. The molecule has 0 aliphatic heterocycles. The zero-order valence-corrected chi connectivity index (χ0v) is 20.4. The molecule has 0 radical (unpaired) electrons. The maximum Gasteiger partial charge on any atom is 0.240 e. The van der Waals surface area contributed by atoms with Gasteiger partial charge in [0, 0.05) is 18.5 Å². The van der Waals surface area contributed by atoms with Gasteiger partial charge in [-0.3, -0.25) is 9.59 Å². The Balaban J connectivity index is 1.54. The number of para-hydroxylation sites is 1. The van der Waals surface area contributed by atoms with E-state index in [2.05, 4.69) is 31.8 Å². The molecule has 0 spiro atoms. The molecule has 0 bridgehead atoms. The van der Waals surface area contributed by atoms with Gasteiger partial charge in [-0.1, -0.05) is 48.5 Å². The van der Waals surface area contributed by atoms with Gasteiger partial charge in [0.2, 0.25) is 11.8 Å². The molecule has 2 amide bonds. The predicted molar refractivity (Wildman–Crippen MR) is 136 cm³/mol. The van der Waals surface area contributed by atoms with Crippen LogP contribution in [0.5, 0.6) is 11.5 Å². The molecule has 2 N–H and O–H groups in total. The normalized spacial score (nSPS) is 10.6. The van der Waals surface area contributed by atoms with E-state index in [0.29, 0.717) is 40.4 Å². The summed E-state index contributed by atoms with van der Waals surface area (Å²) in [6.45, 7) is 2.77. The quantitative estimate of drug-likeness (QED) is 0.263. The zero-order valence-electron chi connectivity index (χ0n) is 18.8. The Hall–Kier alpha value is -3.65. The Bertz CT molecular complexity index is 1120. The van der Waals surface area contributed by atoms with Crippen LogP contribution >= 0.6 is 15.9 Å². The van der Waals surface area contributed by atoms with Crippen molar-refractivity contribution in [3.63, 3.8) is 0 Å². The van der Waals surface area contributed by atoms with E-state index < -0.39 is 0 Å². The number of hydrazone groups is 1. The van der Waals surface area contributed by atoms with E-state index in [1.807, 2.05) is 61.5 Å². The standard InChI is InChI=1S/C26H26BrN3O4/c1-2-33-23-16-20(15-22(27)26(23)34-18-19-9-5-3-6-10-19)17-28-30-25(32)14-13-24(31)29-21-11-7-4-8-12-21/h3-12,15-17H,2,13-14,18H2,1H3,(H,29,31)(H,30,32). The SMILES string of the molecule is CCOc1cc(C=NNC(=O)CCC(=O)Nc2ccccc2)cc(Br)c1OCc1ccccc1. The molecule has 8 heteroatoms. The van der Waals surface area contributed by atoms with Gasteiger partial charge in [-0.2, -0.15) is 5.10 Å². The molecule has 3 aromatic carbocycles. The van der Waals surface area contributed by atoms with Gasteiger partial charge in [0.25, 0.3) is 0 Å². The van der Waals surface area contributed by atoms with Crippen molar-refractivity contribution >= 4 is 39.6 Å². The van der Waals surface area contributed by atoms with Gasteiger partial charge in [-0.05, 0) is 58.2 Å². The predicted octanol–water partition coefficient (Wildman–Crippen LogP) is 5.30.